The summed E-state index contributed by atoms with van der Waals surface area (Å²) in [6.07, 6.45) is -0.511. The molecule has 4 nitrogen and oxygen atoms in total. The van der Waals surface area contributed by atoms with Crippen LogP contribution in [0.5, 0.6) is 11.5 Å². The summed E-state index contributed by atoms with van der Waals surface area (Å²) in [5.41, 5.74) is 1.96. The van der Waals surface area contributed by atoms with Gasteiger partial charge in [-0.3, -0.25) is 0 Å². The third-order valence-electron chi connectivity index (χ3n) is 3.49. The van der Waals surface area contributed by atoms with Crippen molar-refractivity contribution in [3.8, 4) is 11.5 Å². The molecule has 1 heterocycles. The number of hydrogen-bond acceptors (Lipinski definition) is 4. The number of para-hydroxylation sites is 1. The first-order valence-electron chi connectivity index (χ1n) is 7.16. The van der Waals surface area contributed by atoms with Gasteiger partial charge in [0.2, 0.25) is 0 Å². The van der Waals surface area contributed by atoms with E-state index >= 15 is 0 Å². The lowest BCUT2D eigenvalue weighted by atomic mass is 10.1. The van der Waals surface area contributed by atoms with Gasteiger partial charge < -0.3 is 19.9 Å². The van der Waals surface area contributed by atoms with E-state index in [-0.39, 0.29) is 12.4 Å². The van der Waals surface area contributed by atoms with E-state index in [1.807, 2.05) is 48.5 Å². The highest BCUT2D eigenvalue weighted by Crippen LogP contribution is 2.33. The Labute approximate surface area is 136 Å². The zero-order chi connectivity index (χ0) is 14.5. The number of ether oxygens (including phenoxy) is 2. The molecular weight excluding hydrogens is 302 g/mol. The Bertz CT molecular complexity index is 592. The predicted octanol–water partition coefficient (Wildman–Crippen LogP) is 2.70. The van der Waals surface area contributed by atoms with E-state index in [0.29, 0.717) is 26.3 Å². The van der Waals surface area contributed by atoms with Crippen LogP contribution in [0.15, 0.2) is 48.5 Å². The summed E-state index contributed by atoms with van der Waals surface area (Å²) in [6, 6.07) is 15.5. The van der Waals surface area contributed by atoms with Gasteiger partial charge in [-0.25, -0.2) is 0 Å². The molecule has 0 aromatic heterocycles. The highest BCUT2D eigenvalue weighted by atomic mass is 35.5. The summed E-state index contributed by atoms with van der Waals surface area (Å²) in [6.45, 7) is 2.30. The van der Waals surface area contributed by atoms with Crippen molar-refractivity contribution in [2.75, 3.05) is 19.8 Å². The highest BCUT2D eigenvalue weighted by Gasteiger charge is 2.15. The van der Waals surface area contributed by atoms with Crippen molar-refractivity contribution < 1.29 is 14.6 Å². The normalized spacial score (nSPS) is 14.0. The van der Waals surface area contributed by atoms with Gasteiger partial charge in [-0.15, -0.1) is 12.4 Å². The second-order valence-corrected chi connectivity index (χ2v) is 5.00. The summed E-state index contributed by atoms with van der Waals surface area (Å²) in [4.78, 5) is 0. The zero-order valence-corrected chi connectivity index (χ0v) is 13.0. The molecule has 22 heavy (non-hydrogen) atoms. The Balaban J connectivity index is 0.00000176. The van der Waals surface area contributed by atoms with Crippen LogP contribution in [0.3, 0.4) is 0 Å². The number of aliphatic hydroxyl groups excluding tert-OH is 1. The summed E-state index contributed by atoms with van der Waals surface area (Å²) in [5.74, 6) is 1.61. The number of halogens is 1. The lowest BCUT2D eigenvalue weighted by molar-refractivity contribution is 0.166. The van der Waals surface area contributed by atoms with Gasteiger partial charge in [0.25, 0.3) is 0 Å². The van der Waals surface area contributed by atoms with Crippen LogP contribution in [-0.2, 0) is 6.54 Å². The van der Waals surface area contributed by atoms with Gasteiger partial charge in [0, 0.05) is 18.7 Å². The molecule has 1 unspecified atom stereocenters. The Morgan fingerprint density at radius 3 is 2.59 bits per heavy atom. The standard InChI is InChI=1S/C17H19NO3.ClH/c19-15(13-5-2-1-3-6-13)12-18-11-14-7-4-8-16-17(14)21-10-9-20-16;/h1-8,15,18-19H,9-12H2;1H. The molecule has 1 atom stereocenters. The van der Waals surface area contributed by atoms with Gasteiger partial charge in [-0.2, -0.15) is 0 Å². The van der Waals surface area contributed by atoms with Gasteiger partial charge >= 0.3 is 0 Å². The van der Waals surface area contributed by atoms with Crippen molar-refractivity contribution in [1.82, 2.24) is 5.32 Å². The maximum absolute atomic E-state index is 10.1. The minimum atomic E-state index is -0.511. The van der Waals surface area contributed by atoms with Gasteiger partial charge in [0.1, 0.15) is 13.2 Å². The molecule has 3 rings (SSSR count). The Morgan fingerprint density at radius 1 is 1.00 bits per heavy atom. The Hall–Kier alpha value is -1.75. The average molecular weight is 322 g/mol. The maximum atomic E-state index is 10.1. The molecule has 0 fully saturated rings. The van der Waals surface area contributed by atoms with E-state index in [4.69, 9.17) is 9.47 Å². The first-order chi connectivity index (χ1) is 10.3. The number of rotatable bonds is 5. The van der Waals surface area contributed by atoms with Crippen LogP contribution >= 0.6 is 12.4 Å². The minimum absolute atomic E-state index is 0. The predicted molar refractivity (Wildman–Crippen MR) is 87.8 cm³/mol. The van der Waals surface area contributed by atoms with E-state index in [1.165, 1.54) is 0 Å². The Morgan fingerprint density at radius 2 is 1.77 bits per heavy atom. The SMILES string of the molecule is Cl.OC(CNCc1cccc2c1OCCO2)c1ccccc1. The molecule has 1 aliphatic rings. The second kappa shape index (κ2) is 8.03. The summed E-state index contributed by atoms with van der Waals surface area (Å²) >= 11 is 0. The molecule has 2 aromatic rings. The smallest absolute Gasteiger partial charge is 0.165 e. The molecule has 2 aromatic carbocycles. The van der Waals surface area contributed by atoms with Gasteiger partial charge in [-0.05, 0) is 11.6 Å². The van der Waals surface area contributed by atoms with E-state index in [1.54, 1.807) is 0 Å². The lowest BCUT2D eigenvalue weighted by Gasteiger charge is -2.21. The topological polar surface area (TPSA) is 50.7 Å². The van der Waals surface area contributed by atoms with Gasteiger partial charge in [-0.1, -0.05) is 42.5 Å². The molecule has 1 aliphatic heterocycles. The van der Waals surface area contributed by atoms with Crippen molar-refractivity contribution in [3.63, 3.8) is 0 Å². The number of benzene rings is 2. The molecule has 0 saturated heterocycles. The van der Waals surface area contributed by atoms with E-state index < -0.39 is 6.10 Å². The average Bonchev–Trinajstić information content (AvgIpc) is 2.56. The fourth-order valence-electron chi connectivity index (χ4n) is 2.41. The lowest BCUT2D eigenvalue weighted by Crippen LogP contribution is -2.23. The molecule has 0 radical (unpaired) electrons. The maximum Gasteiger partial charge on any atom is 0.165 e. The number of nitrogens with one attached hydrogen (secondary N) is 1. The van der Waals surface area contributed by atoms with E-state index in [2.05, 4.69) is 5.32 Å². The van der Waals surface area contributed by atoms with Crippen molar-refractivity contribution in [3.05, 3.63) is 59.7 Å². The van der Waals surface area contributed by atoms with Crippen LogP contribution in [0.4, 0.5) is 0 Å². The zero-order valence-electron chi connectivity index (χ0n) is 12.2. The number of hydrogen-bond donors (Lipinski definition) is 2. The monoisotopic (exact) mass is 321 g/mol. The summed E-state index contributed by atoms with van der Waals surface area (Å²) in [5, 5.41) is 13.4. The fourth-order valence-corrected chi connectivity index (χ4v) is 2.41. The molecule has 0 amide bonds. The molecule has 118 valence electrons. The number of fused-ring (bicyclic) bond motifs is 1. The third kappa shape index (κ3) is 3.91. The molecule has 0 aliphatic carbocycles. The van der Waals surface area contributed by atoms with Crippen LogP contribution < -0.4 is 14.8 Å². The minimum Gasteiger partial charge on any atom is -0.486 e. The molecule has 0 spiro atoms. The second-order valence-electron chi connectivity index (χ2n) is 5.00. The van der Waals surface area contributed by atoms with Crippen LogP contribution in [-0.4, -0.2) is 24.9 Å². The van der Waals surface area contributed by atoms with Crippen LogP contribution in [0.1, 0.15) is 17.2 Å². The van der Waals surface area contributed by atoms with E-state index in [9.17, 15) is 5.11 Å². The van der Waals surface area contributed by atoms with Gasteiger partial charge in [0.05, 0.1) is 6.10 Å². The van der Waals surface area contributed by atoms with Crippen molar-refractivity contribution in [1.29, 1.82) is 0 Å². The quantitative estimate of drug-likeness (QED) is 0.889. The number of aliphatic hydroxyl groups is 1. The largest absolute Gasteiger partial charge is 0.486 e. The molecule has 0 saturated carbocycles. The molecule has 2 N–H and O–H groups in total. The van der Waals surface area contributed by atoms with Gasteiger partial charge in [0.15, 0.2) is 11.5 Å². The Kier molecular flexibility index (Phi) is 6.07. The first kappa shape index (κ1) is 16.6. The fraction of sp³-hybridized carbons (Fsp3) is 0.294. The van der Waals surface area contributed by atoms with Crippen LogP contribution in [0.2, 0.25) is 0 Å². The van der Waals surface area contributed by atoms with Crippen LogP contribution in [0, 0.1) is 0 Å². The summed E-state index contributed by atoms with van der Waals surface area (Å²) in [7, 11) is 0. The molecule has 5 heteroatoms. The molecular formula is C17H20ClNO3. The van der Waals surface area contributed by atoms with E-state index in [0.717, 1.165) is 22.6 Å². The summed E-state index contributed by atoms with van der Waals surface area (Å²) < 4.78 is 11.2. The molecule has 0 bridgehead atoms. The van der Waals surface area contributed by atoms with Crippen molar-refractivity contribution in [2.45, 2.75) is 12.6 Å². The van der Waals surface area contributed by atoms with Crippen LogP contribution in [0.25, 0.3) is 0 Å². The highest BCUT2D eigenvalue weighted by molar-refractivity contribution is 5.85. The van der Waals surface area contributed by atoms with Crippen molar-refractivity contribution >= 4 is 12.4 Å². The first-order valence-corrected chi connectivity index (χ1v) is 7.16. The van der Waals surface area contributed by atoms with Crippen molar-refractivity contribution in [2.24, 2.45) is 0 Å². The third-order valence-corrected chi connectivity index (χ3v) is 3.49.